The van der Waals surface area contributed by atoms with Gasteiger partial charge in [-0.1, -0.05) is 18.2 Å². The fourth-order valence-electron chi connectivity index (χ4n) is 5.63. The number of benzene rings is 1. The number of amides is 4. The Labute approximate surface area is 228 Å². The molecule has 5 rings (SSSR count). The highest BCUT2D eigenvalue weighted by atomic mass is 16.2. The zero-order chi connectivity index (χ0) is 27.2. The predicted molar refractivity (Wildman–Crippen MR) is 146 cm³/mol. The van der Waals surface area contributed by atoms with E-state index in [0.29, 0.717) is 44.1 Å². The van der Waals surface area contributed by atoms with Crippen molar-refractivity contribution in [3.8, 4) is 0 Å². The number of carbonyl (C=O) groups is 4. The van der Waals surface area contributed by atoms with Gasteiger partial charge in [0, 0.05) is 37.4 Å². The second kappa shape index (κ2) is 12.4. The van der Waals surface area contributed by atoms with Gasteiger partial charge in [-0.05, 0) is 80.9 Å². The van der Waals surface area contributed by atoms with Crippen LogP contribution in [-0.4, -0.2) is 83.2 Å². The van der Waals surface area contributed by atoms with Crippen molar-refractivity contribution in [1.82, 2.24) is 25.4 Å². The van der Waals surface area contributed by atoms with Gasteiger partial charge in [0.1, 0.15) is 11.7 Å². The van der Waals surface area contributed by atoms with Crippen molar-refractivity contribution < 1.29 is 19.2 Å². The summed E-state index contributed by atoms with van der Waals surface area (Å²) in [5.41, 5.74) is 2.56. The maximum atomic E-state index is 12.9. The Kier molecular flexibility index (Phi) is 8.51. The third kappa shape index (κ3) is 7.00. The Bertz CT molecular complexity index is 1170. The van der Waals surface area contributed by atoms with Crippen LogP contribution in [0.25, 0.3) is 0 Å². The van der Waals surface area contributed by atoms with E-state index >= 15 is 0 Å². The van der Waals surface area contributed by atoms with Gasteiger partial charge < -0.3 is 15.5 Å². The highest BCUT2D eigenvalue weighted by Crippen LogP contribution is 2.29. The number of imide groups is 1. The Morgan fingerprint density at radius 3 is 2.33 bits per heavy atom. The summed E-state index contributed by atoms with van der Waals surface area (Å²) in [6.07, 6.45) is 5.96. The number of likely N-dealkylation sites (tertiary alicyclic amines) is 2. The van der Waals surface area contributed by atoms with E-state index in [-0.39, 0.29) is 35.7 Å². The van der Waals surface area contributed by atoms with Gasteiger partial charge in [0.2, 0.25) is 17.7 Å². The van der Waals surface area contributed by atoms with Crippen molar-refractivity contribution >= 4 is 29.3 Å². The number of carbonyl (C=O) groups excluding carboxylic acids is 4. The van der Waals surface area contributed by atoms with Crippen LogP contribution in [0.2, 0.25) is 0 Å². The Balaban J connectivity index is 1.02. The molecule has 3 fully saturated rings. The molecule has 206 valence electrons. The van der Waals surface area contributed by atoms with Gasteiger partial charge in [-0.3, -0.25) is 34.4 Å². The Morgan fingerprint density at radius 1 is 0.923 bits per heavy atom. The number of hydrogen-bond acceptors (Lipinski definition) is 7. The molecule has 2 aromatic rings. The summed E-state index contributed by atoms with van der Waals surface area (Å²) in [5.74, 6) is -0.0442. The number of nitrogens with zero attached hydrogens (tertiary/aromatic N) is 3. The molecule has 3 N–H and O–H groups in total. The lowest BCUT2D eigenvalue weighted by molar-refractivity contribution is -0.134. The van der Waals surface area contributed by atoms with Crippen LogP contribution in [0, 0.1) is 0 Å². The summed E-state index contributed by atoms with van der Waals surface area (Å²) < 4.78 is 0. The fraction of sp³-hybridized carbons (Fsp3) is 0.483. The lowest BCUT2D eigenvalue weighted by Crippen LogP contribution is -2.49. The van der Waals surface area contributed by atoms with Crippen molar-refractivity contribution in [3.63, 3.8) is 0 Å². The average molecular weight is 533 g/mol. The van der Waals surface area contributed by atoms with Gasteiger partial charge in [-0.15, -0.1) is 0 Å². The minimum atomic E-state index is -0.384. The normalized spacial score (nSPS) is 21.3. The van der Waals surface area contributed by atoms with Gasteiger partial charge >= 0.3 is 0 Å². The molecule has 0 radical (unpaired) electrons. The lowest BCUT2D eigenvalue weighted by atomic mass is 9.89. The average Bonchev–Trinajstić information content (AvgIpc) is 2.96. The van der Waals surface area contributed by atoms with E-state index in [1.54, 1.807) is 24.4 Å². The van der Waals surface area contributed by atoms with E-state index in [9.17, 15) is 19.2 Å². The van der Waals surface area contributed by atoms with Crippen molar-refractivity contribution in [2.45, 2.75) is 56.5 Å². The number of rotatable bonds is 7. The maximum Gasteiger partial charge on any atom is 0.270 e. The zero-order valence-electron chi connectivity index (χ0n) is 22.1. The van der Waals surface area contributed by atoms with E-state index in [1.165, 1.54) is 5.56 Å². The molecule has 0 spiro atoms. The van der Waals surface area contributed by atoms with Crippen molar-refractivity contribution in [1.29, 1.82) is 0 Å². The molecule has 0 unspecified atom stereocenters. The molecule has 4 amide bonds. The fourth-order valence-corrected chi connectivity index (χ4v) is 5.63. The summed E-state index contributed by atoms with van der Waals surface area (Å²) >= 11 is 0. The van der Waals surface area contributed by atoms with Crippen LogP contribution in [0.5, 0.6) is 0 Å². The molecule has 0 saturated carbocycles. The second-order valence-electron chi connectivity index (χ2n) is 10.7. The smallest absolute Gasteiger partial charge is 0.270 e. The molecule has 3 saturated heterocycles. The van der Waals surface area contributed by atoms with Crippen LogP contribution in [0.4, 0.5) is 5.69 Å². The summed E-state index contributed by atoms with van der Waals surface area (Å²) in [6.45, 7) is 3.50. The zero-order valence-corrected chi connectivity index (χ0v) is 22.1. The Morgan fingerprint density at radius 2 is 1.67 bits per heavy atom. The SMILES string of the molecule is O=C1CC[C@@H](Nc2ccc(C3CCN(CC(=O)N4CCC(NC(=O)c5ccccn5)CC4)CC3)cc2)C(=O)N1. The molecule has 3 aliphatic rings. The largest absolute Gasteiger partial charge is 0.374 e. The molecule has 1 aromatic carbocycles. The molecule has 3 aliphatic heterocycles. The predicted octanol–water partition coefficient (Wildman–Crippen LogP) is 1.90. The van der Waals surface area contributed by atoms with Crippen LogP contribution in [-0.2, 0) is 14.4 Å². The summed E-state index contributed by atoms with van der Waals surface area (Å²) in [6, 6.07) is 13.2. The van der Waals surface area contributed by atoms with E-state index < -0.39 is 0 Å². The quantitative estimate of drug-likeness (QED) is 0.466. The van der Waals surface area contributed by atoms with Gasteiger partial charge in [0.25, 0.3) is 5.91 Å². The topological polar surface area (TPSA) is 124 Å². The summed E-state index contributed by atoms with van der Waals surface area (Å²) in [4.78, 5) is 56.9. The third-order valence-electron chi connectivity index (χ3n) is 7.99. The van der Waals surface area contributed by atoms with Gasteiger partial charge in [0.05, 0.1) is 6.54 Å². The van der Waals surface area contributed by atoms with Crippen LogP contribution >= 0.6 is 0 Å². The van der Waals surface area contributed by atoms with Crippen LogP contribution < -0.4 is 16.0 Å². The minimum Gasteiger partial charge on any atom is -0.374 e. The number of hydrogen-bond donors (Lipinski definition) is 3. The molecular formula is C29H36N6O4. The van der Waals surface area contributed by atoms with E-state index in [2.05, 4.69) is 38.0 Å². The minimum absolute atomic E-state index is 0.0601. The number of piperidine rings is 3. The van der Waals surface area contributed by atoms with E-state index in [0.717, 1.165) is 44.5 Å². The van der Waals surface area contributed by atoms with Crippen LogP contribution in [0.15, 0.2) is 48.7 Å². The molecule has 10 heteroatoms. The van der Waals surface area contributed by atoms with Crippen molar-refractivity contribution in [2.24, 2.45) is 0 Å². The van der Waals surface area contributed by atoms with Crippen LogP contribution in [0.1, 0.15) is 60.5 Å². The Hall–Kier alpha value is -3.79. The van der Waals surface area contributed by atoms with E-state index in [1.807, 2.05) is 17.0 Å². The third-order valence-corrected chi connectivity index (χ3v) is 7.99. The number of aromatic nitrogens is 1. The first-order valence-corrected chi connectivity index (χ1v) is 13.9. The molecule has 39 heavy (non-hydrogen) atoms. The van der Waals surface area contributed by atoms with Gasteiger partial charge in [-0.2, -0.15) is 0 Å². The summed E-state index contributed by atoms with van der Waals surface area (Å²) in [7, 11) is 0. The monoisotopic (exact) mass is 532 g/mol. The number of nitrogens with one attached hydrogen (secondary N) is 3. The van der Waals surface area contributed by atoms with Crippen molar-refractivity contribution in [3.05, 3.63) is 59.9 Å². The first-order chi connectivity index (χ1) is 18.9. The van der Waals surface area contributed by atoms with E-state index in [4.69, 9.17) is 0 Å². The molecular weight excluding hydrogens is 496 g/mol. The molecule has 0 aliphatic carbocycles. The first kappa shape index (κ1) is 26.8. The first-order valence-electron chi connectivity index (χ1n) is 13.9. The maximum absolute atomic E-state index is 12.9. The molecule has 1 aromatic heterocycles. The molecule has 0 bridgehead atoms. The van der Waals surface area contributed by atoms with Crippen molar-refractivity contribution in [2.75, 3.05) is 38.0 Å². The highest BCUT2D eigenvalue weighted by molar-refractivity contribution is 6.01. The van der Waals surface area contributed by atoms with Crippen LogP contribution in [0.3, 0.4) is 0 Å². The molecule has 4 heterocycles. The molecule has 10 nitrogen and oxygen atoms in total. The highest BCUT2D eigenvalue weighted by Gasteiger charge is 2.28. The lowest BCUT2D eigenvalue weighted by Gasteiger charge is -2.36. The second-order valence-corrected chi connectivity index (χ2v) is 10.7. The molecule has 1 atom stereocenters. The van der Waals surface area contributed by atoms with Gasteiger partial charge in [0.15, 0.2) is 0 Å². The number of pyridine rings is 1. The van der Waals surface area contributed by atoms with Gasteiger partial charge in [-0.25, -0.2) is 0 Å². The summed E-state index contributed by atoms with van der Waals surface area (Å²) in [5, 5.41) is 8.64. The standard InChI is InChI=1S/C29H36N6O4/c36-26-9-8-25(29(39)33-26)31-22-6-4-20(5-7-22)21-10-15-34(16-11-21)19-27(37)35-17-12-23(13-18-35)32-28(38)24-3-1-2-14-30-24/h1-7,14,21,23,25,31H,8-13,15-19H2,(H,32,38)(H,33,36,39)/t25-/m1/s1. The number of anilines is 1.